The van der Waals surface area contributed by atoms with Crippen molar-refractivity contribution in [2.24, 2.45) is 0 Å². The third-order valence-corrected chi connectivity index (χ3v) is 4.77. The van der Waals surface area contributed by atoms with Crippen LogP contribution in [-0.4, -0.2) is 25.5 Å². The van der Waals surface area contributed by atoms with Crippen LogP contribution in [0.4, 0.5) is 5.69 Å². The number of carbonyl (C=O) groups is 1. The van der Waals surface area contributed by atoms with Gasteiger partial charge < -0.3 is 14.8 Å². The van der Waals surface area contributed by atoms with Crippen molar-refractivity contribution in [1.82, 2.24) is 14.5 Å². The Labute approximate surface area is 173 Å². The Morgan fingerprint density at radius 2 is 1.97 bits per heavy atom. The summed E-state index contributed by atoms with van der Waals surface area (Å²) in [6, 6.07) is 7.49. The van der Waals surface area contributed by atoms with Gasteiger partial charge in [-0.05, 0) is 24.3 Å². The van der Waals surface area contributed by atoms with Gasteiger partial charge in [-0.2, -0.15) is 0 Å². The number of phenolic OH excluding ortho intramolecular Hbond substituents is 1. The van der Waals surface area contributed by atoms with E-state index in [1.54, 1.807) is 18.2 Å². The molecule has 8 nitrogen and oxygen atoms in total. The normalized spacial score (nSPS) is 11.0. The van der Waals surface area contributed by atoms with Crippen LogP contribution in [0.25, 0.3) is 10.9 Å². The van der Waals surface area contributed by atoms with Crippen molar-refractivity contribution in [2.45, 2.75) is 6.54 Å². The molecule has 0 atom stereocenters. The second kappa shape index (κ2) is 7.57. The van der Waals surface area contributed by atoms with Gasteiger partial charge in [0.2, 0.25) is 0 Å². The molecule has 0 saturated carbocycles. The Kier molecular flexibility index (Phi) is 4.96. The predicted molar refractivity (Wildman–Crippen MR) is 108 cm³/mol. The zero-order valence-electron chi connectivity index (χ0n) is 14.6. The topological polar surface area (TPSA) is 110 Å². The summed E-state index contributed by atoms with van der Waals surface area (Å²) in [6.07, 6.45) is 4.11. The molecule has 2 heterocycles. The molecule has 0 aliphatic carbocycles. The Morgan fingerprint density at radius 3 is 2.66 bits per heavy atom. The molecule has 2 aromatic heterocycles. The molecular formula is C19H12Cl2N4O4. The summed E-state index contributed by atoms with van der Waals surface area (Å²) >= 11 is 11.8. The highest BCUT2D eigenvalue weighted by Gasteiger charge is 2.16. The Morgan fingerprint density at radius 1 is 1.21 bits per heavy atom. The summed E-state index contributed by atoms with van der Waals surface area (Å²) in [4.78, 5) is 33.9. The fourth-order valence-electron chi connectivity index (χ4n) is 2.80. The molecule has 4 aromatic rings. The predicted octanol–water partition coefficient (Wildman–Crippen LogP) is 3.70. The molecule has 0 fully saturated rings. The van der Waals surface area contributed by atoms with E-state index < -0.39 is 5.91 Å². The summed E-state index contributed by atoms with van der Waals surface area (Å²) in [5.74, 6) is -0.859. The molecule has 29 heavy (non-hydrogen) atoms. The van der Waals surface area contributed by atoms with Gasteiger partial charge in [0.1, 0.15) is 6.26 Å². The van der Waals surface area contributed by atoms with E-state index >= 15 is 0 Å². The number of hydrogen-bond donors (Lipinski definition) is 2. The van der Waals surface area contributed by atoms with Crippen molar-refractivity contribution >= 4 is 45.7 Å². The molecule has 0 unspecified atom stereocenters. The lowest BCUT2D eigenvalue weighted by atomic mass is 10.1. The van der Waals surface area contributed by atoms with Gasteiger partial charge in [-0.1, -0.05) is 29.3 Å². The molecule has 10 heteroatoms. The molecule has 0 radical (unpaired) electrons. The summed E-state index contributed by atoms with van der Waals surface area (Å²) in [5, 5.41) is 12.5. The summed E-state index contributed by atoms with van der Waals surface area (Å²) in [5.41, 5.74) is 1.03. The van der Waals surface area contributed by atoms with Crippen LogP contribution in [0.3, 0.4) is 0 Å². The first-order chi connectivity index (χ1) is 13.9. The molecule has 2 aromatic carbocycles. The van der Waals surface area contributed by atoms with E-state index in [2.05, 4.69) is 15.3 Å². The van der Waals surface area contributed by atoms with Gasteiger partial charge in [0, 0.05) is 5.56 Å². The third-order valence-electron chi connectivity index (χ3n) is 4.20. The maximum absolute atomic E-state index is 13.0. The SMILES string of the molecule is O=C(Nc1cccc2ncn(Cc3cocn3)c(=O)c12)c1cc(Cl)c(O)c(Cl)c1. The minimum Gasteiger partial charge on any atom is -0.505 e. The second-order valence-corrected chi connectivity index (χ2v) is 6.91. The van der Waals surface area contributed by atoms with Crippen LogP contribution in [0.2, 0.25) is 10.0 Å². The number of carbonyl (C=O) groups excluding carboxylic acids is 1. The monoisotopic (exact) mass is 430 g/mol. The first-order valence-electron chi connectivity index (χ1n) is 8.28. The van der Waals surface area contributed by atoms with Crippen LogP contribution < -0.4 is 10.9 Å². The number of amides is 1. The van der Waals surface area contributed by atoms with Crippen LogP contribution in [-0.2, 0) is 6.54 Å². The number of halogens is 2. The lowest BCUT2D eigenvalue weighted by molar-refractivity contribution is 0.102. The molecule has 0 bridgehead atoms. The molecule has 146 valence electrons. The highest BCUT2D eigenvalue weighted by atomic mass is 35.5. The number of oxazole rings is 1. The highest BCUT2D eigenvalue weighted by molar-refractivity contribution is 6.37. The average Bonchev–Trinajstić information content (AvgIpc) is 3.21. The van der Waals surface area contributed by atoms with E-state index in [1.165, 1.54) is 35.7 Å². The lowest BCUT2D eigenvalue weighted by Crippen LogP contribution is -2.23. The Bertz CT molecular complexity index is 1260. The first-order valence-corrected chi connectivity index (χ1v) is 9.04. The number of aromatic hydroxyl groups is 1. The van der Waals surface area contributed by atoms with Crippen LogP contribution in [0.5, 0.6) is 5.75 Å². The molecule has 4 rings (SSSR count). The van der Waals surface area contributed by atoms with Crippen molar-refractivity contribution in [3.8, 4) is 5.75 Å². The average molecular weight is 431 g/mol. The number of fused-ring (bicyclic) bond motifs is 1. The van der Waals surface area contributed by atoms with Crippen LogP contribution in [0.1, 0.15) is 16.1 Å². The number of nitrogens with zero attached hydrogens (tertiary/aromatic N) is 3. The second-order valence-electron chi connectivity index (χ2n) is 6.10. The van der Waals surface area contributed by atoms with Gasteiger partial charge in [0.15, 0.2) is 12.1 Å². The smallest absolute Gasteiger partial charge is 0.263 e. The maximum Gasteiger partial charge on any atom is 0.263 e. The van der Waals surface area contributed by atoms with E-state index in [4.69, 9.17) is 27.6 Å². The van der Waals surface area contributed by atoms with E-state index in [-0.39, 0.29) is 44.5 Å². The van der Waals surface area contributed by atoms with Gasteiger partial charge in [0.25, 0.3) is 11.5 Å². The van der Waals surface area contributed by atoms with Gasteiger partial charge in [-0.15, -0.1) is 0 Å². The third kappa shape index (κ3) is 3.67. The molecule has 0 saturated heterocycles. The largest absolute Gasteiger partial charge is 0.505 e. The van der Waals surface area contributed by atoms with Crippen molar-refractivity contribution in [3.05, 3.63) is 81.0 Å². The molecule has 0 aliphatic rings. The van der Waals surface area contributed by atoms with E-state index in [0.717, 1.165) is 0 Å². The van der Waals surface area contributed by atoms with Gasteiger partial charge >= 0.3 is 0 Å². The van der Waals surface area contributed by atoms with E-state index in [1.807, 2.05) is 0 Å². The number of aromatic nitrogens is 3. The molecule has 2 N–H and O–H groups in total. The molecule has 1 amide bonds. The maximum atomic E-state index is 13.0. The van der Waals surface area contributed by atoms with Crippen molar-refractivity contribution in [3.63, 3.8) is 0 Å². The van der Waals surface area contributed by atoms with Crippen LogP contribution in [0, 0.1) is 0 Å². The summed E-state index contributed by atoms with van der Waals surface area (Å²) in [6.45, 7) is 0.170. The van der Waals surface area contributed by atoms with E-state index in [0.29, 0.717) is 11.2 Å². The van der Waals surface area contributed by atoms with Crippen LogP contribution >= 0.6 is 23.2 Å². The van der Waals surface area contributed by atoms with Crippen LogP contribution in [0.15, 0.2) is 58.5 Å². The minimum atomic E-state index is -0.549. The van der Waals surface area contributed by atoms with Gasteiger partial charge in [-0.25, -0.2) is 9.97 Å². The zero-order chi connectivity index (χ0) is 20.5. The summed E-state index contributed by atoms with van der Waals surface area (Å²) in [7, 11) is 0. The fraction of sp³-hybridized carbons (Fsp3) is 0.0526. The quantitative estimate of drug-likeness (QED) is 0.510. The fourth-order valence-corrected chi connectivity index (χ4v) is 3.29. The number of anilines is 1. The molecular weight excluding hydrogens is 419 g/mol. The van der Waals surface area contributed by atoms with Gasteiger partial charge in [0.05, 0.1) is 45.2 Å². The standard InChI is InChI=1S/C19H12Cl2N4O4/c20-12-4-10(5-13(21)17(12)26)18(27)24-15-3-1-2-14-16(15)19(28)25(8-22-14)6-11-7-29-9-23-11/h1-5,7-9,26H,6H2,(H,24,27). The number of benzene rings is 2. The molecule has 0 aliphatic heterocycles. The number of hydrogen-bond acceptors (Lipinski definition) is 6. The van der Waals surface area contributed by atoms with Crippen molar-refractivity contribution < 1.29 is 14.3 Å². The number of phenols is 1. The number of rotatable bonds is 4. The lowest BCUT2D eigenvalue weighted by Gasteiger charge is -2.11. The van der Waals surface area contributed by atoms with Crippen molar-refractivity contribution in [2.75, 3.05) is 5.32 Å². The van der Waals surface area contributed by atoms with E-state index in [9.17, 15) is 14.7 Å². The van der Waals surface area contributed by atoms with Gasteiger partial charge in [-0.3, -0.25) is 14.2 Å². The minimum absolute atomic E-state index is 0.0581. The van der Waals surface area contributed by atoms with Crippen molar-refractivity contribution in [1.29, 1.82) is 0 Å². The Hall–Kier alpha value is -3.36. The first kappa shape index (κ1) is 19.0. The molecule has 0 spiro atoms. The Balaban J connectivity index is 1.74. The zero-order valence-corrected chi connectivity index (χ0v) is 16.1. The summed E-state index contributed by atoms with van der Waals surface area (Å²) < 4.78 is 6.29. The number of nitrogens with one attached hydrogen (secondary N) is 1. The highest BCUT2D eigenvalue weighted by Crippen LogP contribution is 2.33.